The standard InChI is InChI=1S/C24H26FN5O2/c25-20-8-6-18(7-9-20)23(31)29-12-3-4-19(16-29)24(32)28-14-10-17(11-15-28)22-27-26-21-5-1-2-13-30(21)22/h1-2,5-9,13,17,19H,3-4,10-12,14-16H2/t19-/m0/s1. The number of nitrogens with zero attached hydrogens (tertiary/aromatic N) is 5. The molecule has 2 aromatic heterocycles. The van der Waals surface area contributed by atoms with E-state index in [0.29, 0.717) is 31.7 Å². The minimum absolute atomic E-state index is 0.131. The molecular weight excluding hydrogens is 409 g/mol. The van der Waals surface area contributed by atoms with Gasteiger partial charge in [0.05, 0.1) is 5.92 Å². The monoisotopic (exact) mass is 435 g/mol. The number of pyridine rings is 1. The summed E-state index contributed by atoms with van der Waals surface area (Å²) in [6.07, 6.45) is 5.28. The summed E-state index contributed by atoms with van der Waals surface area (Å²) in [5.74, 6) is 0.682. The number of rotatable bonds is 3. The minimum atomic E-state index is -0.365. The van der Waals surface area contributed by atoms with Gasteiger partial charge in [0.25, 0.3) is 5.91 Å². The first-order chi connectivity index (χ1) is 15.6. The molecule has 166 valence electrons. The van der Waals surface area contributed by atoms with Gasteiger partial charge < -0.3 is 9.80 Å². The van der Waals surface area contributed by atoms with Crippen LogP contribution in [0.2, 0.25) is 0 Å². The molecule has 2 amide bonds. The predicted octanol–water partition coefficient (Wildman–Crippen LogP) is 3.13. The van der Waals surface area contributed by atoms with E-state index in [1.165, 1.54) is 24.3 Å². The van der Waals surface area contributed by atoms with Crippen LogP contribution < -0.4 is 0 Å². The van der Waals surface area contributed by atoms with Crippen LogP contribution in [0.4, 0.5) is 4.39 Å². The zero-order chi connectivity index (χ0) is 22.1. The zero-order valence-corrected chi connectivity index (χ0v) is 17.9. The Labute approximate surface area is 185 Å². The third-order valence-corrected chi connectivity index (χ3v) is 6.66. The fourth-order valence-electron chi connectivity index (χ4n) is 4.89. The Bertz CT molecular complexity index is 1120. The highest BCUT2D eigenvalue weighted by atomic mass is 19.1. The molecule has 8 heteroatoms. The van der Waals surface area contributed by atoms with Gasteiger partial charge in [-0.05, 0) is 62.1 Å². The molecule has 2 aliphatic heterocycles. The Morgan fingerprint density at radius 3 is 2.47 bits per heavy atom. The fourth-order valence-corrected chi connectivity index (χ4v) is 4.89. The summed E-state index contributed by atoms with van der Waals surface area (Å²) < 4.78 is 15.2. The number of halogens is 1. The van der Waals surface area contributed by atoms with Crippen molar-refractivity contribution in [3.63, 3.8) is 0 Å². The highest BCUT2D eigenvalue weighted by molar-refractivity contribution is 5.94. The number of hydrogen-bond acceptors (Lipinski definition) is 4. The van der Waals surface area contributed by atoms with E-state index in [0.717, 1.165) is 37.2 Å². The quantitative estimate of drug-likeness (QED) is 0.634. The van der Waals surface area contributed by atoms with Gasteiger partial charge in [-0.15, -0.1) is 10.2 Å². The van der Waals surface area contributed by atoms with Crippen molar-refractivity contribution in [3.05, 3.63) is 65.9 Å². The van der Waals surface area contributed by atoms with Crippen LogP contribution in [0.1, 0.15) is 47.8 Å². The summed E-state index contributed by atoms with van der Waals surface area (Å²) in [6.45, 7) is 2.42. The number of piperidine rings is 2. The van der Waals surface area contributed by atoms with E-state index in [9.17, 15) is 14.0 Å². The Balaban J connectivity index is 1.20. The van der Waals surface area contributed by atoms with E-state index in [-0.39, 0.29) is 29.5 Å². The molecule has 2 aliphatic rings. The highest BCUT2D eigenvalue weighted by Crippen LogP contribution is 2.29. The van der Waals surface area contributed by atoms with Crippen LogP contribution in [0.25, 0.3) is 5.65 Å². The van der Waals surface area contributed by atoms with Crippen LogP contribution in [0.3, 0.4) is 0 Å². The van der Waals surface area contributed by atoms with E-state index >= 15 is 0 Å². The summed E-state index contributed by atoms with van der Waals surface area (Å²) in [5.41, 5.74) is 1.30. The Kier molecular flexibility index (Phi) is 5.59. The SMILES string of the molecule is O=C(c1ccc(F)cc1)N1CCC[C@H](C(=O)N2CCC(c3nnc4ccccn34)CC2)C1. The van der Waals surface area contributed by atoms with E-state index in [1.54, 1.807) is 4.90 Å². The lowest BCUT2D eigenvalue weighted by molar-refractivity contribution is -0.138. The molecule has 7 nitrogen and oxygen atoms in total. The van der Waals surface area contributed by atoms with E-state index in [2.05, 4.69) is 10.2 Å². The van der Waals surface area contributed by atoms with Gasteiger partial charge in [-0.1, -0.05) is 6.07 Å². The fraction of sp³-hybridized carbons (Fsp3) is 0.417. The lowest BCUT2D eigenvalue weighted by Gasteiger charge is -2.37. The number of hydrogen-bond donors (Lipinski definition) is 0. The average molecular weight is 436 g/mol. The summed E-state index contributed by atoms with van der Waals surface area (Å²) in [7, 11) is 0. The number of likely N-dealkylation sites (tertiary alicyclic amines) is 2. The predicted molar refractivity (Wildman–Crippen MR) is 117 cm³/mol. The maximum atomic E-state index is 13.2. The first-order valence-electron chi connectivity index (χ1n) is 11.2. The molecule has 32 heavy (non-hydrogen) atoms. The van der Waals surface area contributed by atoms with Gasteiger partial charge in [-0.2, -0.15) is 0 Å². The van der Waals surface area contributed by atoms with Crippen LogP contribution in [0.5, 0.6) is 0 Å². The van der Waals surface area contributed by atoms with Gasteiger partial charge in [0.15, 0.2) is 5.65 Å². The summed E-state index contributed by atoms with van der Waals surface area (Å²) >= 11 is 0. The Morgan fingerprint density at radius 1 is 0.906 bits per heavy atom. The van der Waals surface area contributed by atoms with Crippen LogP contribution in [-0.4, -0.2) is 62.4 Å². The second kappa shape index (κ2) is 8.68. The van der Waals surface area contributed by atoms with Crippen molar-refractivity contribution in [1.29, 1.82) is 0 Å². The van der Waals surface area contributed by atoms with Crippen molar-refractivity contribution in [2.75, 3.05) is 26.2 Å². The van der Waals surface area contributed by atoms with Crippen LogP contribution in [-0.2, 0) is 4.79 Å². The first kappa shape index (κ1) is 20.6. The number of benzene rings is 1. The Morgan fingerprint density at radius 2 is 1.69 bits per heavy atom. The van der Waals surface area contributed by atoms with Crippen molar-refractivity contribution in [2.45, 2.75) is 31.6 Å². The van der Waals surface area contributed by atoms with Crippen LogP contribution in [0.15, 0.2) is 48.7 Å². The van der Waals surface area contributed by atoms with Gasteiger partial charge in [0.2, 0.25) is 5.91 Å². The van der Waals surface area contributed by atoms with Gasteiger partial charge in [-0.25, -0.2) is 4.39 Å². The number of amides is 2. The maximum Gasteiger partial charge on any atom is 0.253 e. The lowest BCUT2D eigenvalue weighted by atomic mass is 9.92. The van der Waals surface area contributed by atoms with Gasteiger partial charge in [0.1, 0.15) is 11.6 Å². The van der Waals surface area contributed by atoms with Crippen molar-refractivity contribution >= 4 is 17.5 Å². The minimum Gasteiger partial charge on any atom is -0.342 e. The molecule has 3 aromatic rings. The van der Waals surface area contributed by atoms with Gasteiger partial charge in [-0.3, -0.25) is 14.0 Å². The third-order valence-electron chi connectivity index (χ3n) is 6.66. The zero-order valence-electron chi connectivity index (χ0n) is 17.9. The topological polar surface area (TPSA) is 70.8 Å². The highest BCUT2D eigenvalue weighted by Gasteiger charge is 2.34. The smallest absolute Gasteiger partial charge is 0.253 e. The molecule has 1 atom stereocenters. The van der Waals surface area contributed by atoms with E-state index in [1.807, 2.05) is 33.7 Å². The molecular formula is C24H26FN5O2. The van der Waals surface area contributed by atoms with Crippen LogP contribution >= 0.6 is 0 Å². The Hall–Kier alpha value is -3.29. The molecule has 0 aliphatic carbocycles. The molecule has 0 bridgehead atoms. The van der Waals surface area contributed by atoms with E-state index in [4.69, 9.17) is 0 Å². The largest absolute Gasteiger partial charge is 0.342 e. The first-order valence-corrected chi connectivity index (χ1v) is 11.2. The molecule has 0 unspecified atom stereocenters. The number of aromatic nitrogens is 3. The molecule has 2 fully saturated rings. The average Bonchev–Trinajstić information content (AvgIpc) is 3.28. The maximum absolute atomic E-state index is 13.2. The molecule has 0 saturated carbocycles. The number of carbonyl (C=O) groups excluding carboxylic acids is 2. The summed E-state index contributed by atoms with van der Waals surface area (Å²) in [4.78, 5) is 29.7. The molecule has 0 spiro atoms. The lowest BCUT2D eigenvalue weighted by Crippen LogP contribution is -2.48. The summed E-state index contributed by atoms with van der Waals surface area (Å²) in [5, 5.41) is 8.63. The van der Waals surface area contributed by atoms with Gasteiger partial charge >= 0.3 is 0 Å². The van der Waals surface area contributed by atoms with Crippen LogP contribution in [0, 0.1) is 11.7 Å². The third kappa shape index (κ3) is 3.97. The second-order valence-corrected chi connectivity index (χ2v) is 8.68. The molecule has 0 radical (unpaired) electrons. The molecule has 5 rings (SSSR count). The molecule has 4 heterocycles. The molecule has 2 saturated heterocycles. The summed E-state index contributed by atoms with van der Waals surface area (Å²) in [6, 6.07) is 11.5. The van der Waals surface area contributed by atoms with Crippen molar-refractivity contribution in [3.8, 4) is 0 Å². The number of carbonyl (C=O) groups is 2. The second-order valence-electron chi connectivity index (χ2n) is 8.68. The normalized spacial score (nSPS) is 20.0. The number of fused-ring (bicyclic) bond motifs is 1. The van der Waals surface area contributed by atoms with Gasteiger partial charge in [0, 0.05) is 43.9 Å². The van der Waals surface area contributed by atoms with Crippen molar-refractivity contribution in [1.82, 2.24) is 24.4 Å². The molecule has 1 aromatic carbocycles. The van der Waals surface area contributed by atoms with E-state index < -0.39 is 0 Å². The van der Waals surface area contributed by atoms with Crippen molar-refractivity contribution < 1.29 is 14.0 Å². The van der Waals surface area contributed by atoms with Crippen molar-refractivity contribution in [2.24, 2.45) is 5.92 Å². The molecule has 0 N–H and O–H groups in total.